The highest BCUT2D eigenvalue weighted by atomic mass is 19.4. The molecule has 0 radical (unpaired) electrons. The van der Waals surface area contributed by atoms with Gasteiger partial charge >= 0.3 is 6.18 Å². The number of anilines is 3. The van der Waals surface area contributed by atoms with Gasteiger partial charge in [0.25, 0.3) is 5.91 Å². The van der Waals surface area contributed by atoms with Crippen molar-refractivity contribution in [2.45, 2.75) is 38.1 Å². The van der Waals surface area contributed by atoms with Crippen LogP contribution in [0.25, 0.3) is 0 Å². The molecule has 0 aliphatic carbocycles. The van der Waals surface area contributed by atoms with Crippen LogP contribution in [0.5, 0.6) is 0 Å². The van der Waals surface area contributed by atoms with Gasteiger partial charge in [-0.25, -0.2) is 9.37 Å². The minimum absolute atomic E-state index is 0.0548. The van der Waals surface area contributed by atoms with Gasteiger partial charge in [0.1, 0.15) is 17.7 Å². The highest BCUT2D eigenvalue weighted by Gasteiger charge is 2.49. The van der Waals surface area contributed by atoms with E-state index in [9.17, 15) is 27.6 Å². The van der Waals surface area contributed by atoms with Crippen LogP contribution in [-0.4, -0.2) is 105 Å². The second kappa shape index (κ2) is 13.0. The number of ether oxygens (including phenoxy) is 1. The number of aryl methyl sites for hydroxylation is 1. The lowest BCUT2D eigenvalue weighted by atomic mass is 9.95. The number of halogens is 4. The van der Waals surface area contributed by atoms with Gasteiger partial charge in [-0.15, -0.1) is 0 Å². The molecule has 0 bridgehead atoms. The molecular weight excluding hydrogens is 608 g/mol. The first kappa shape index (κ1) is 33.3. The number of pyridine rings is 1. The van der Waals surface area contributed by atoms with E-state index in [0.29, 0.717) is 44.8 Å². The van der Waals surface area contributed by atoms with Gasteiger partial charge in [0, 0.05) is 70.0 Å². The van der Waals surface area contributed by atoms with Gasteiger partial charge < -0.3 is 24.3 Å². The summed E-state index contributed by atoms with van der Waals surface area (Å²) in [5.41, 5.74) is 0.0769. The molecule has 0 spiro atoms. The van der Waals surface area contributed by atoms with Crippen molar-refractivity contribution in [3.8, 4) is 0 Å². The summed E-state index contributed by atoms with van der Waals surface area (Å²) in [6.45, 7) is 7.38. The summed E-state index contributed by atoms with van der Waals surface area (Å²) in [5, 5.41) is 0. The Kier molecular flexibility index (Phi) is 9.41. The van der Waals surface area contributed by atoms with E-state index in [-0.39, 0.29) is 47.9 Å². The first-order valence-corrected chi connectivity index (χ1v) is 15.1. The molecule has 248 valence electrons. The first-order valence-electron chi connectivity index (χ1n) is 15.1. The minimum Gasteiger partial charge on any atom is -0.374 e. The number of carbonyl (C=O) groups excluding carboxylic acids is 3. The van der Waals surface area contributed by atoms with Crippen molar-refractivity contribution in [2.24, 2.45) is 5.92 Å². The maximum Gasteiger partial charge on any atom is 0.416 e. The molecule has 2 aromatic rings. The second-order valence-corrected chi connectivity index (χ2v) is 12.4. The molecule has 4 heterocycles. The number of likely N-dealkylation sites (N-methyl/N-ethyl adjacent to an activating group) is 2. The minimum atomic E-state index is -4.67. The largest absolute Gasteiger partial charge is 0.416 e. The monoisotopic (exact) mass is 646 g/mol. The van der Waals surface area contributed by atoms with Gasteiger partial charge in [0.05, 0.1) is 23.0 Å². The standard InChI is InChI=1S/C32H38F4N6O4/c1-19(15-38(3)4)30(44)41-17-23(18-41)46-11-7-10-40-16-21-13-27(43)42(26-14-22(32(34,35)36)12-20(2)37-26)28(21)31(45)39(5)25-9-6-8-24(33)29(25)40/h6,8-9,12,14,21,23,28H,1,7,10-11,13,15-18H2,2-5H3/t21-,28+/m1/s1. The number of rotatable bonds is 9. The third-order valence-corrected chi connectivity index (χ3v) is 8.50. The highest BCUT2D eigenvalue weighted by Crippen LogP contribution is 2.41. The van der Waals surface area contributed by atoms with E-state index in [4.69, 9.17) is 4.74 Å². The van der Waals surface area contributed by atoms with Gasteiger partial charge in [-0.1, -0.05) is 12.6 Å². The maximum absolute atomic E-state index is 15.4. The summed E-state index contributed by atoms with van der Waals surface area (Å²) in [5.74, 6) is -2.61. The molecule has 3 aliphatic rings. The molecule has 1 aromatic carbocycles. The molecule has 0 unspecified atom stereocenters. The molecule has 2 fully saturated rings. The quantitative estimate of drug-likeness (QED) is 0.234. The lowest BCUT2D eigenvalue weighted by Crippen LogP contribution is -2.55. The van der Waals surface area contributed by atoms with Crippen molar-refractivity contribution in [1.29, 1.82) is 0 Å². The number of hydrogen-bond donors (Lipinski definition) is 0. The molecule has 2 atom stereocenters. The van der Waals surface area contributed by atoms with Gasteiger partial charge in [-0.2, -0.15) is 13.2 Å². The summed E-state index contributed by atoms with van der Waals surface area (Å²) in [4.78, 5) is 51.6. The zero-order valence-corrected chi connectivity index (χ0v) is 26.3. The van der Waals surface area contributed by atoms with E-state index < -0.39 is 41.3 Å². The van der Waals surface area contributed by atoms with Gasteiger partial charge in [-0.05, 0) is 51.7 Å². The van der Waals surface area contributed by atoms with Crippen LogP contribution >= 0.6 is 0 Å². The fourth-order valence-electron chi connectivity index (χ4n) is 6.36. The number of alkyl halides is 3. The summed E-state index contributed by atoms with van der Waals surface area (Å²) in [7, 11) is 5.19. The fourth-order valence-corrected chi connectivity index (χ4v) is 6.36. The normalized spacial score (nSPS) is 20.5. The lowest BCUT2D eigenvalue weighted by Gasteiger charge is -2.40. The molecule has 3 aliphatic heterocycles. The van der Waals surface area contributed by atoms with Crippen molar-refractivity contribution < 1.29 is 36.7 Å². The maximum atomic E-state index is 15.4. The molecule has 0 N–H and O–H groups in total. The molecule has 46 heavy (non-hydrogen) atoms. The number of hydrogen-bond acceptors (Lipinski definition) is 7. The smallest absolute Gasteiger partial charge is 0.374 e. The van der Waals surface area contributed by atoms with Crippen LogP contribution in [0.4, 0.5) is 34.8 Å². The Hall–Kier alpha value is -4.04. The predicted molar refractivity (Wildman–Crippen MR) is 164 cm³/mol. The summed E-state index contributed by atoms with van der Waals surface area (Å²) in [6.07, 6.45) is -4.45. The summed E-state index contributed by atoms with van der Waals surface area (Å²) in [6, 6.07) is 4.91. The van der Waals surface area contributed by atoms with Crippen LogP contribution in [0, 0.1) is 18.7 Å². The molecule has 14 heteroatoms. The van der Waals surface area contributed by atoms with Crippen molar-refractivity contribution >= 4 is 34.9 Å². The van der Waals surface area contributed by atoms with Crippen LogP contribution in [-0.2, 0) is 25.3 Å². The number of likely N-dealkylation sites (tertiary alicyclic amines) is 1. The molecular formula is C32H38F4N6O4. The molecule has 2 saturated heterocycles. The van der Waals surface area contributed by atoms with Crippen molar-refractivity contribution in [2.75, 3.05) is 75.2 Å². The molecule has 0 saturated carbocycles. The fraction of sp³-hybridized carbons (Fsp3) is 0.500. The third kappa shape index (κ3) is 6.73. The number of nitrogens with zero attached hydrogens (tertiary/aromatic N) is 6. The predicted octanol–water partition coefficient (Wildman–Crippen LogP) is 3.49. The molecule has 3 amide bonds. The Morgan fingerprint density at radius 1 is 1.15 bits per heavy atom. The van der Waals surface area contributed by atoms with Gasteiger partial charge in [-0.3, -0.25) is 19.3 Å². The van der Waals surface area contributed by atoms with Crippen molar-refractivity contribution in [3.05, 3.63) is 59.6 Å². The Labute approximate surface area is 265 Å². The SMILES string of the molecule is C=C(CN(C)C)C(=O)N1CC(OCCCN2C[C@H]3CC(=O)N(c4cc(C(F)(F)F)cc(C)n4)[C@@H]3C(=O)N(C)c3cccc(F)c32)C1. The number of amides is 3. The Morgan fingerprint density at radius 3 is 2.54 bits per heavy atom. The Morgan fingerprint density at radius 2 is 1.87 bits per heavy atom. The highest BCUT2D eigenvalue weighted by molar-refractivity contribution is 6.10. The molecule has 1 aromatic heterocycles. The van der Waals surface area contributed by atoms with E-state index in [1.54, 1.807) is 15.9 Å². The average molecular weight is 647 g/mol. The number of para-hydroxylation sites is 1. The molecule has 10 nitrogen and oxygen atoms in total. The zero-order valence-electron chi connectivity index (χ0n) is 26.3. The Balaban J connectivity index is 1.32. The van der Waals surface area contributed by atoms with Crippen LogP contribution in [0.15, 0.2) is 42.5 Å². The summed E-state index contributed by atoms with van der Waals surface area (Å²) >= 11 is 0. The van der Waals surface area contributed by atoms with Crippen LogP contribution in [0.3, 0.4) is 0 Å². The second-order valence-electron chi connectivity index (χ2n) is 12.4. The van der Waals surface area contributed by atoms with Crippen LogP contribution in [0.2, 0.25) is 0 Å². The van der Waals surface area contributed by atoms with Gasteiger partial charge in [0.2, 0.25) is 11.8 Å². The number of fused-ring (bicyclic) bond motifs is 2. The topological polar surface area (TPSA) is 89.5 Å². The Bertz CT molecular complexity index is 1530. The van der Waals surface area contributed by atoms with E-state index in [0.717, 1.165) is 17.0 Å². The van der Waals surface area contributed by atoms with Crippen molar-refractivity contribution in [1.82, 2.24) is 14.8 Å². The van der Waals surface area contributed by atoms with E-state index in [2.05, 4.69) is 11.6 Å². The average Bonchev–Trinajstić information content (AvgIpc) is 3.27. The number of benzene rings is 1. The van der Waals surface area contributed by atoms with Crippen molar-refractivity contribution in [3.63, 3.8) is 0 Å². The van der Waals surface area contributed by atoms with Crippen LogP contribution < -0.4 is 14.7 Å². The van der Waals surface area contributed by atoms with E-state index >= 15 is 4.39 Å². The number of aromatic nitrogens is 1. The van der Waals surface area contributed by atoms with E-state index in [1.807, 2.05) is 19.0 Å². The lowest BCUT2D eigenvalue weighted by molar-refractivity contribution is -0.141. The first-order chi connectivity index (χ1) is 21.6. The van der Waals surface area contributed by atoms with E-state index in [1.165, 1.54) is 31.0 Å². The zero-order chi connectivity index (χ0) is 33.5. The summed E-state index contributed by atoms with van der Waals surface area (Å²) < 4.78 is 62.3. The van der Waals surface area contributed by atoms with Gasteiger partial charge in [0.15, 0.2) is 0 Å². The molecule has 5 rings (SSSR count). The van der Waals surface area contributed by atoms with Crippen LogP contribution in [0.1, 0.15) is 24.1 Å². The number of carbonyl (C=O) groups is 3. The third-order valence-electron chi connectivity index (χ3n) is 8.50.